The zero-order valence-corrected chi connectivity index (χ0v) is 19.3. The van der Waals surface area contributed by atoms with Crippen molar-refractivity contribution in [3.8, 4) is 6.07 Å². The molecule has 0 saturated carbocycles. The summed E-state index contributed by atoms with van der Waals surface area (Å²) in [5.74, 6) is -0.651. The number of anilines is 1. The molecule has 1 saturated heterocycles. The number of nitriles is 1. The second-order valence-corrected chi connectivity index (χ2v) is 9.98. The molecule has 0 amide bonds. The van der Waals surface area contributed by atoms with Crippen LogP contribution in [0.3, 0.4) is 0 Å². The molecule has 3 rings (SSSR count). The number of piperazine rings is 1. The Balaban J connectivity index is 1.71. The van der Waals surface area contributed by atoms with Crippen LogP contribution in [0.5, 0.6) is 0 Å². The molecule has 1 aromatic carbocycles. The van der Waals surface area contributed by atoms with Gasteiger partial charge >= 0.3 is 12.4 Å². The van der Waals surface area contributed by atoms with E-state index in [9.17, 15) is 40.0 Å². The van der Waals surface area contributed by atoms with Crippen molar-refractivity contribution < 1.29 is 34.8 Å². The first kappa shape index (κ1) is 26.6. The van der Waals surface area contributed by atoms with Gasteiger partial charge in [-0.2, -0.15) is 31.6 Å². The Morgan fingerprint density at radius 3 is 2.23 bits per heavy atom. The summed E-state index contributed by atoms with van der Waals surface area (Å²) in [5.41, 5.74) is -2.11. The zero-order valence-electron chi connectivity index (χ0n) is 17.7. The number of rotatable bonds is 5. The number of sulfone groups is 1. The van der Waals surface area contributed by atoms with Gasteiger partial charge in [-0.05, 0) is 17.7 Å². The topological polar surface area (TPSA) is 77.3 Å². The number of hydrogen-bond acceptors (Lipinski definition) is 6. The summed E-state index contributed by atoms with van der Waals surface area (Å²) >= 11 is 5.97. The average molecular weight is 539 g/mol. The van der Waals surface area contributed by atoms with Gasteiger partial charge in [-0.25, -0.2) is 13.4 Å². The number of halogens is 7. The van der Waals surface area contributed by atoms with Crippen molar-refractivity contribution in [2.24, 2.45) is 0 Å². The highest BCUT2D eigenvalue weighted by atomic mass is 35.5. The summed E-state index contributed by atoms with van der Waals surface area (Å²) in [7, 11) is -4.24. The van der Waals surface area contributed by atoms with E-state index >= 15 is 0 Å². The predicted molar refractivity (Wildman–Crippen MR) is 116 cm³/mol. The third kappa shape index (κ3) is 6.58. The van der Waals surface area contributed by atoms with Crippen molar-refractivity contribution in [2.75, 3.05) is 31.1 Å². The van der Waals surface area contributed by atoms with Gasteiger partial charge in [-0.1, -0.05) is 29.8 Å². The molecule has 14 heteroatoms. The van der Waals surface area contributed by atoms with Gasteiger partial charge in [0.1, 0.15) is 11.9 Å². The van der Waals surface area contributed by atoms with Crippen molar-refractivity contribution in [1.82, 2.24) is 9.88 Å². The minimum Gasteiger partial charge on any atom is -0.372 e. The molecule has 6 nitrogen and oxygen atoms in total. The van der Waals surface area contributed by atoms with Crippen LogP contribution in [0, 0.1) is 11.3 Å². The van der Waals surface area contributed by atoms with E-state index in [1.807, 2.05) is 0 Å². The summed E-state index contributed by atoms with van der Waals surface area (Å²) in [5, 5.41) is 9.19. The number of aromatic nitrogens is 1. The fraction of sp³-hybridized carbons (Fsp3) is 0.333. The fourth-order valence-electron chi connectivity index (χ4n) is 3.36. The van der Waals surface area contributed by atoms with Crippen molar-refractivity contribution in [3.05, 3.63) is 69.3 Å². The number of allylic oxidation sites excluding steroid dienone is 1. The monoisotopic (exact) mass is 538 g/mol. The minimum absolute atomic E-state index is 0.117. The molecule has 0 spiro atoms. The van der Waals surface area contributed by atoms with Gasteiger partial charge in [-0.15, -0.1) is 0 Å². The van der Waals surface area contributed by atoms with E-state index in [0.717, 1.165) is 24.4 Å². The van der Waals surface area contributed by atoms with E-state index in [1.165, 1.54) is 11.0 Å². The van der Waals surface area contributed by atoms with Crippen LogP contribution in [0.1, 0.15) is 16.7 Å². The normalized spacial score (nSPS) is 15.8. The number of pyridine rings is 1. The Hall–Kier alpha value is -2.98. The highest BCUT2D eigenvalue weighted by Crippen LogP contribution is 2.34. The van der Waals surface area contributed by atoms with E-state index in [2.05, 4.69) is 4.98 Å². The van der Waals surface area contributed by atoms with Gasteiger partial charge in [0, 0.05) is 38.6 Å². The Bertz CT molecular complexity index is 1260. The van der Waals surface area contributed by atoms with Gasteiger partial charge in [0.15, 0.2) is 14.7 Å². The number of hydrogen-bond donors (Lipinski definition) is 0. The quantitative estimate of drug-likeness (QED) is 0.399. The van der Waals surface area contributed by atoms with Crippen molar-refractivity contribution in [3.63, 3.8) is 0 Å². The Morgan fingerprint density at radius 2 is 1.69 bits per heavy atom. The molecule has 0 bridgehead atoms. The third-order valence-corrected chi connectivity index (χ3v) is 6.98. The maximum absolute atomic E-state index is 12.9. The van der Waals surface area contributed by atoms with Crippen molar-refractivity contribution >= 4 is 27.3 Å². The number of nitrogens with zero attached hydrogens (tertiary/aromatic N) is 4. The van der Waals surface area contributed by atoms with E-state index in [1.54, 1.807) is 11.0 Å². The molecular weight excluding hydrogens is 522 g/mol. The van der Waals surface area contributed by atoms with Gasteiger partial charge in [0.25, 0.3) is 0 Å². The predicted octanol–water partition coefficient (Wildman–Crippen LogP) is 4.87. The molecule has 0 unspecified atom stereocenters. The first-order chi connectivity index (χ1) is 16.2. The van der Waals surface area contributed by atoms with Crippen molar-refractivity contribution in [2.45, 2.75) is 18.1 Å². The zero-order chi connectivity index (χ0) is 26.0. The van der Waals surface area contributed by atoms with Crippen LogP contribution >= 0.6 is 11.6 Å². The van der Waals surface area contributed by atoms with E-state index in [0.29, 0.717) is 12.3 Å². The summed E-state index contributed by atoms with van der Waals surface area (Å²) in [4.78, 5) is 6.32. The largest absolute Gasteiger partial charge is 0.417 e. The number of alkyl halides is 6. The fourth-order valence-corrected chi connectivity index (χ4v) is 4.87. The molecule has 1 aliphatic rings. The lowest BCUT2D eigenvalue weighted by molar-refractivity contribution is -0.138. The molecular formula is C21H17ClF6N4O2S. The minimum atomic E-state index is -4.64. The highest BCUT2D eigenvalue weighted by Gasteiger charge is 2.33. The SMILES string of the molecule is N#C/C(=C\N1CCN(c2ncc(C(F)(F)F)cc2Cl)CC1)S(=O)(=O)Cc1cccc(C(F)(F)F)c1. The third-order valence-electron chi connectivity index (χ3n) is 5.12. The van der Waals surface area contributed by atoms with Gasteiger partial charge in [-0.3, -0.25) is 0 Å². The lowest BCUT2D eigenvalue weighted by Gasteiger charge is -2.35. The maximum Gasteiger partial charge on any atom is 0.417 e. The molecule has 1 fully saturated rings. The van der Waals surface area contributed by atoms with Crippen LogP contribution in [-0.2, 0) is 27.9 Å². The van der Waals surface area contributed by atoms with Crippen molar-refractivity contribution in [1.29, 1.82) is 5.26 Å². The molecule has 2 aromatic rings. The Kier molecular flexibility index (Phi) is 7.56. The second kappa shape index (κ2) is 9.94. The molecule has 0 radical (unpaired) electrons. The van der Waals surface area contributed by atoms with Gasteiger partial charge < -0.3 is 9.80 Å². The molecule has 0 atom stereocenters. The second-order valence-electron chi connectivity index (χ2n) is 7.61. The van der Waals surface area contributed by atoms with E-state index in [-0.39, 0.29) is 42.6 Å². The lowest BCUT2D eigenvalue weighted by atomic mass is 10.1. The first-order valence-corrected chi connectivity index (χ1v) is 12.0. The molecule has 1 aromatic heterocycles. The standard InChI is InChI=1S/C21H17ClF6N4O2S/c22-18-9-16(21(26,27)28)11-30-19(18)32-6-4-31(5-7-32)12-17(10-29)35(33,34)13-14-2-1-3-15(8-14)20(23,24)25/h1-3,8-9,11-12H,4-7,13H2/b17-12+. The maximum atomic E-state index is 12.9. The molecule has 35 heavy (non-hydrogen) atoms. The Labute approximate surface area is 201 Å². The molecule has 188 valence electrons. The van der Waals surface area contributed by atoms with Gasteiger partial charge in [0.2, 0.25) is 0 Å². The molecule has 1 aliphatic heterocycles. The van der Waals surface area contributed by atoms with Crippen LogP contribution in [-0.4, -0.2) is 44.5 Å². The van der Waals surface area contributed by atoms with Gasteiger partial charge in [0.05, 0.1) is 21.9 Å². The van der Waals surface area contributed by atoms with Crippen LogP contribution in [0.15, 0.2) is 47.6 Å². The van der Waals surface area contributed by atoms with E-state index < -0.39 is 44.0 Å². The summed E-state index contributed by atoms with van der Waals surface area (Å²) in [6.07, 6.45) is -7.45. The molecule has 0 N–H and O–H groups in total. The molecule has 2 heterocycles. The summed E-state index contributed by atoms with van der Waals surface area (Å²) in [6, 6.07) is 6.19. The number of benzene rings is 1. The first-order valence-electron chi connectivity index (χ1n) is 9.93. The highest BCUT2D eigenvalue weighted by molar-refractivity contribution is 7.94. The molecule has 0 aliphatic carbocycles. The Morgan fingerprint density at radius 1 is 1.06 bits per heavy atom. The average Bonchev–Trinajstić information content (AvgIpc) is 2.76. The van der Waals surface area contributed by atoms with Crippen LogP contribution in [0.2, 0.25) is 5.02 Å². The summed E-state index contributed by atoms with van der Waals surface area (Å²) in [6.45, 7) is 0.842. The van der Waals surface area contributed by atoms with Crippen LogP contribution in [0.4, 0.5) is 32.2 Å². The van der Waals surface area contributed by atoms with Crippen LogP contribution in [0.25, 0.3) is 0 Å². The lowest BCUT2D eigenvalue weighted by Crippen LogP contribution is -2.44. The van der Waals surface area contributed by atoms with Crippen LogP contribution < -0.4 is 4.90 Å². The van der Waals surface area contributed by atoms with E-state index in [4.69, 9.17) is 11.6 Å². The summed E-state index contributed by atoms with van der Waals surface area (Å²) < 4.78 is 102. The smallest absolute Gasteiger partial charge is 0.372 e.